The van der Waals surface area contributed by atoms with Crippen LogP contribution in [0.5, 0.6) is 0 Å². The van der Waals surface area contributed by atoms with E-state index in [0.717, 1.165) is 23.5 Å². The maximum absolute atomic E-state index is 12.6. The molecular formula is C23H23N3O. The van der Waals surface area contributed by atoms with Crippen molar-refractivity contribution in [3.8, 4) is 0 Å². The number of hydrogen-bond acceptors (Lipinski definition) is 4. The first-order valence-corrected chi connectivity index (χ1v) is 8.84. The van der Waals surface area contributed by atoms with Gasteiger partial charge >= 0.3 is 0 Å². The lowest BCUT2D eigenvalue weighted by molar-refractivity contribution is 0.104. The molecule has 0 fully saturated rings. The molecule has 0 spiro atoms. The number of anilines is 2. The van der Waals surface area contributed by atoms with Crippen molar-refractivity contribution in [1.29, 1.82) is 0 Å². The Hall–Kier alpha value is -3.24. The van der Waals surface area contributed by atoms with E-state index < -0.39 is 0 Å². The van der Waals surface area contributed by atoms with Crippen LogP contribution < -0.4 is 5.32 Å². The summed E-state index contributed by atoms with van der Waals surface area (Å²) in [5.41, 5.74) is 4.64. The summed E-state index contributed by atoms with van der Waals surface area (Å²) >= 11 is 0. The molecule has 0 aliphatic rings. The number of ketones is 1. The van der Waals surface area contributed by atoms with Crippen LogP contribution in [0.3, 0.4) is 0 Å². The molecule has 0 saturated carbocycles. The van der Waals surface area contributed by atoms with Crippen molar-refractivity contribution in [2.45, 2.75) is 6.54 Å². The lowest BCUT2D eigenvalue weighted by atomic mass is 10.0. The molecule has 0 bridgehead atoms. The van der Waals surface area contributed by atoms with Crippen LogP contribution in [0.1, 0.15) is 21.5 Å². The van der Waals surface area contributed by atoms with Gasteiger partial charge in [0.25, 0.3) is 0 Å². The highest BCUT2D eigenvalue weighted by atomic mass is 16.1. The minimum atomic E-state index is -0.0236. The monoisotopic (exact) mass is 357 g/mol. The summed E-state index contributed by atoms with van der Waals surface area (Å²) in [6, 6.07) is 19.4. The Balaban J connectivity index is 1.75. The summed E-state index contributed by atoms with van der Waals surface area (Å²) in [7, 11) is 4.07. The van der Waals surface area contributed by atoms with Gasteiger partial charge in [0.2, 0.25) is 0 Å². The van der Waals surface area contributed by atoms with Gasteiger partial charge in [-0.25, -0.2) is 0 Å². The molecule has 1 heterocycles. The average molecular weight is 357 g/mol. The van der Waals surface area contributed by atoms with Crippen molar-refractivity contribution < 1.29 is 4.79 Å². The third-order valence-corrected chi connectivity index (χ3v) is 4.05. The van der Waals surface area contributed by atoms with Crippen LogP contribution in [0, 0.1) is 0 Å². The van der Waals surface area contributed by atoms with Gasteiger partial charge in [0.1, 0.15) is 0 Å². The van der Waals surface area contributed by atoms with Gasteiger partial charge in [-0.1, -0.05) is 42.5 Å². The van der Waals surface area contributed by atoms with Crippen molar-refractivity contribution >= 4 is 23.2 Å². The summed E-state index contributed by atoms with van der Waals surface area (Å²) in [6.07, 6.45) is 7.00. The number of allylic oxidation sites excluding steroid dienone is 1. The zero-order valence-corrected chi connectivity index (χ0v) is 15.6. The molecule has 2 aromatic carbocycles. The van der Waals surface area contributed by atoms with Crippen molar-refractivity contribution in [3.63, 3.8) is 0 Å². The maximum atomic E-state index is 12.6. The smallest absolute Gasteiger partial charge is 0.185 e. The number of nitrogens with one attached hydrogen (secondary N) is 1. The fourth-order valence-corrected chi connectivity index (χ4v) is 2.80. The molecule has 0 aliphatic carbocycles. The molecule has 0 aliphatic heterocycles. The van der Waals surface area contributed by atoms with Crippen LogP contribution in [0.2, 0.25) is 0 Å². The van der Waals surface area contributed by atoms with E-state index >= 15 is 0 Å². The number of benzene rings is 2. The highest BCUT2D eigenvalue weighted by Crippen LogP contribution is 2.18. The molecule has 0 unspecified atom stereocenters. The van der Waals surface area contributed by atoms with E-state index in [1.807, 2.05) is 74.8 Å². The van der Waals surface area contributed by atoms with Gasteiger partial charge in [0, 0.05) is 24.0 Å². The minimum Gasteiger partial charge on any atom is -0.354 e. The number of hydrogen-bond donors (Lipinski definition) is 1. The van der Waals surface area contributed by atoms with Crippen LogP contribution in [0.4, 0.5) is 11.4 Å². The molecule has 0 amide bonds. The first-order chi connectivity index (χ1) is 13.1. The summed E-state index contributed by atoms with van der Waals surface area (Å²) in [5, 5.41) is 3.26. The predicted octanol–water partition coefficient (Wildman–Crippen LogP) is 4.78. The Morgan fingerprint density at radius 2 is 1.85 bits per heavy atom. The van der Waals surface area contributed by atoms with E-state index in [-0.39, 0.29) is 5.78 Å². The minimum absolute atomic E-state index is 0.0236. The van der Waals surface area contributed by atoms with Crippen LogP contribution in [-0.4, -0.2) is 29.8 Å². The fraction of sp³-hybridized carbons (Fsp3) is 0.130. The van der Waals surface area contributed by atoms with Crippen molar-refractivity contribution in [1.82, 2.24) is 9.88 Å². The van der Waals surface area contributed by atoms with Gasteiger partial charge in [-0.15, -0.1) is 0 Å². The third-order valence-electron chi connectivity index (χ3n) is 4.05. The van der Waals surface area contributed by atoms with Crippen molar-refractivity contribution in [3.05, 3.63) is 95.8 Å². The number of carbonyl (C=O) groups excluding carboxylic acids is 1. The zero-order valence-electron chi connectivity index (χ0n) is 15.6. The molecule has 0 saturated heterocycles. The van der Waals surface area contributed by atoms with Gasteiger partial charge in [-0.2, -0.15) is 0 Å². The molecule has 1 N–H and O–H groups in total. The Morgan fingerprint density at radius 1 is 1.04 bits per heavy atom. The summed E-state index contributed by atoms with van der Waals surface area (Å²) in [5.74, 6) is -0.0236. The van der Waals surface area contributed by atoms with Crippen molar-refractivity contribution in [2.24, 2.45) is 0 Å². The summed E-state index contributed by atoms with van der Waals surface area (Å²) in [4.78, 5) is 18.8. The predicted molar refractivity (Wildman–Crippen MR) is 111 cm³/mol. The van der Waals surface area contributed by atoms with Gasteiger partial charge in [0.15, 0.2) is 5.78 Å². The average Bonchev–Trinajstić information content (AvgIpc) is 2.68. The Morgan fingerprint density at radius 3 is 2.63 bits per heavy atom. The van der Waals surface area contributed by atoms with Crippen LogP contribution in [0.25, 0.3) is 6.08 Å². The molecule has 1 aromatic heterocycles. The largest absolute Gasteiger partial charge is 0.354 e. The van der Waals surface area contributed by atoms with Crippen LogP contribution in [0.15, 0.2) is 79.1 Å². The van der Waals surface area contributed by atoms with Gasteiger partial charge in [0.05, 0.1) is 11.9 Å². The second-order valence-corrected chi connectivity index (χ2v) is 6.58. The summed E-state index contributed by atoms with van der Waals surface area (Å²) in [6.45, 7) is 0.833. The number of nitrogens with zero attached hydrogens (tertiary/aromatic N) is 2. The Bertz CT molecular complexity index is 933. The topological polar surface area (TPSA) is 45.2 Å². The van der Waals surface area contributed by atoms with Gasteiger partial charge < -0.3 is 10.2 Å². The highest BCUT2D eigenvalue weighted by Gasteiger charge is 2.05. The second-order valence-electron chi connectivity index (χ2n) is 6.58. The number of carbonyl (C=O) groups is 1. The molecule has 3 rings (SSSR count). The molecular weight excluding hydrogens is 334 g/mol. The Kier molecular flexibility index (Phi) is 6.13. The van der Waals surface area contributed by atoms with Crippen molar-refractivity contribution in [2.75, 3.05) is 19.4 Å². The summed E-state index contributed by atoms with van der Waals surface area (Å²) < 4.78 is 0. The first kappa shape index (κ1) is 18.5. The molecule has 0 atom stereocenters. The van der Waals surface area contributed by atoms with E-state index in [1.54, 1.807) is 18.5 Å². The number of pyridine rings is 1. The van der Waals surface area contributed by atoms with Gasteiger partial charge in [-0.05, 0) is 55.6 Å². The van der Waals surface area contributed by atoms with Gasteiger partial charge in [-0.3, -0.25) is 9.78 Å². The van der Waals surface area contributed by atoms with E-state index in [0.29, 0.717) is 5.56 Å². The standard InChI is InChI=1S/C23H23N3O/c1-26(2)17-20-8-4-3-7-18(20)12-13-23(27)19-9-5-10-21(15-19)25-22-11-6-14-24-16-22/h3-16,25H,17H2,1-2H3. The molecule has 4 nitrogen and oxygen atoms in total. The number of rotatable bonds is 7. The van der Waals surface area contributed by atoms with E-state index in [2.05, 4.69) is 21.3 Å². The first-order valence-electron chi connectivity index (χ1n) is 8.84. The Labute approximate surface area is 160 Å². The van der Waals surface area contributed by atoms with E-state index in [1.165, 1.54) is 5.56 Å². The fourth-order valence-electron chi connectivity index (χ4n) is 2.80. The second kappa shape index (κ2) is 8.92. The quantitative estimate of drug-likeness (QED) is 0.488. The van der Waals surface area contributed by atoms with E-state index in [9.17, 15) is 4.79 Å². The normalized spacial score (nSPS) is 11.1. The SMILES string of the molecule is CN(C)Cc1ccccc1C=CC(=O)c1cccc(Nc2cccnc2)c1. The molecule has 4 heteroatoms. The van der Waals surface area contributed by atoms with Crippen LogP contribution in [-0.2, 0) is 6.54 Å². The molecule has 0 radical (unpaired) electrons. The third kappa shape index (κ3) is 5.36. The molecule has 27 heavy (non-hydrogen) atoms. The molecule has 3 aromatic rings. The lowest BCUT2D eigenvalue weighted by Gasteiger charge is -2.12. The zero-order chi connectivity index (χ0) is 19.1. The number of aromatic nitrogens is 1. The molecule has 136 valence electrons. The lowest BCUT2D eigenvalue weighted by Crippen LogP contribution is -2.11. The van der Waals surface area contributed by atoms with Crippen LogP contribution >= 0.6 is 0 Å². The maximum Gasteiger partial charge on any atom is 0.185 e. The van der Waals surface area contributed by atoms with E-state index in [4.69, 9.17) is 0 Å². The highest BCUT2D eigenvalue weighted by molar-refractivity contribution is 6.07.